The normalized spacial score (nSPS) is 23.3. The Morgan fingerprint density at radius 1 is 0.694 bits per heavy atom. The van der Waals surface area contributed by atoms with Crippen molar-refractivity contribution < 1.29 is 36.9 Å². The highest BCUT2D eigenvalue weighted by molar-refractivity contribution is 7.44. The Morgan fingerprint density at radius 2 is 1.10 bits per heavy atom. The predicted molar refractivity (Wildman–Crippen MR) is 209 cm³/mol. The highest BCUT2D eigenvalue weighted by atomic mass is 31.2. The molecule has 290 valence electrons. The fourth-order valence-electron chi connectivity index (χ4n) is 7.16. The molecule has 0 aromatic carbocycles. The van der Waals surface area contributed by atoms with Crippen molar-refractivity contribution in [3.05, 3.63) is 0 Å². The van der Waals surface area contributed by atoms with Crippen LogP contribution in [0.3, 0.4) is 0 Å². The van der Waals surface area contributed by atoms with Gasteiger partial charge in [0.15, 0.2) is 25.0 Å². The molecule has 0 aromatic rings. The third-order valence-electron chi connectivity index (χ3n) is 11.1. The average Bonchev–Trinajstić information content (AvgIpc) is 3.12. The highest BCUT2D eigenvalue weighted by Gasteiger charge is 2.54. The smallest absolute Gasteiger partial charge is 0.259 e. The molecule has 0 amide bonds. The van der Waals surface area contributed by atoms with Gasteiger partial charge in [0.1, 0.15) is 37.3 Å². The lowest BCUT2D eigenvalue weighted by molar-refractivity contribution is -0.229. The molecule has 49 heavy (non-hydrogen) atoms. The van der Waals surface area contributed by atoms with Gasteiger partial charge in [-0.1, -0.05) is 62.3 Å². The minimum absolute atomic E-state index is 0.165. The topological polar surface area (TPSA) is 112 Å². The molecule has 0 bridgehead atoms. The molecular formula is C35H75N2O8PSi3. The average molecular weight is 769 g/mol. The largest absolute Gasteiger partial charge is 0.409 e. The van der Waals surface area contributed by atoms with Gasteiger partial charge in [-0.15, -0.1) is 0 Å². The lowest BCUT2D eigenvalue weighted by Gasteiger charge is -2.53. The number of nitriles is 1. The van der Waals surface area contributed by atoms with Crippen LogP contribution in [0.1, 0.15) is 96.4 Å². The van der Waals surface area contributed by atoms with Crippen LogP contribution in [0, 0.1) is 11.3 Å². The van der Waals surface area contributed by atoms with E-state index in [0.717, 1.165) is 54.4 Å². The number of hydrogen-bond acceptors (Lipinski definition) is 10. The maximum atomic E-state index is 9.28. The van der Waals surface area contributed by atoms with Crippen LogP contribution in [0.25, 0.3) is 0 Å². The second kappa shape index (κ2) is 23.8. The first-order chi connectivity index (χ1) is 23.8. The van der Waals surface area contributed by atoms with Crippen molar-refractivity contribution in [1.82, 2.24) is 4.67 Å². The maximum absolute atomic E-state index is 9.28. The molecular weight excluding hydrogens is 692 g/mol. The molecule has 1 N–H and O–H groups in total. The van der Waals surface area contributed by atoms with Gasteiger partial charge in [-0.05, 0) is 82.1 Å². The molecule has 0 radical (unpaired) electrons. The second-order valence-electron chi connectivity index (χ2n) is 14.0. The molecule has 1 aliphatic rings. The summed E-state index contributed by atoms with van der Waals surface area (Å²) < 4.78 is 58.1. The number of aliphatic hydroxyl groups is 1. The van der Waals surface area contributed by atoms with E-state index in [1.807, 2.05) is 0 Å². The molecule has 1 fully saturated rings. The minimum atomic E-state index is -2.19. The zero-order valence-corrected chi connectivity index (χ0v) is 37.4. The summed E-state index contributed by atoms with van der Waals surface area (Å²) in [5.74, 6) is 0. The van der Waals surface area contributed by atoms with Crippen LogP contribution < -0.4 is 0 Å². The van der Waals surface area contributed by atoms with Crippen LogP contribution in [0.2, 0.25) is 54.4 Å². The third-order valence-corrected chi connectivity index (χ3v) is 27.1. The van der Waals surface area contributed by atoms with E-state index >= 15 is 0 Å². The summed E-state index contributed by atoms with van der Waals surface area (Å²) in [6, 6.07) is 11.5. The monoisotopic (exact) mass is 768 g/mol. The van der Waals surface area contributed by atoms with Crippen molar-refractivity contribution in [3.63, 3.8) is 0 Å². The van der Waals surface area contributed by atoms with Crippen molar-refractivity contribution in [2.75, 3.05) is 26.6 Å². The van der Waals surface area contributed by atoms with E-state index < -0.39 is 57.9 Å². The number of nitrogens with zero attached hydrogens (tertiary/aromatic N) is 2. The molecule has 0 aromatic heterocycles. The molecule has 1 unspecified atom stereocenters. The molecule has 6 atom stereocenters. The van der Waals surface area contributed by atoms with E-state index in [1.54, 1.807) is 0 Å². The van der Waals surface area contributed by atoms with Gasteiger partial charge in [0.05, 0.1) is 32.3 Å². The summed E-state index contributed by atoms with van der Waals surface area (Å²) in [6.07, 6.45) is -1.86. The number of ether oxygens (including phenoxy) is 2. The van der Waals surface area contributed by atoms with E-state index in [1.165, 1.54) is 0 Å². The molecule has 1 heterocycles. The van der Waals surface area contributed by atoms with E-state index in [4.69, 9.17) is 33.2 Å². The Morgan fingerprint density at radius 3 is 1.47 bits per heavy atom. The molecule has 0 saturated carbocycles. The summed E-state index contributed by atoms with van der Waals surface area (Å²) >= 11 is 0. The van der Waals surface area contributed by atoms with Gasteiger partial charge in [0.2, 0.25) is 1.43 Å². The number of aliphatic hydroxyl groups excluding tert-OH is 1. The molecule has 1 aliphatic heterocycles. The van der Waals surface area contributed by atoms with Gasteiger partial charge in [0.25, 0.3) is 8.53 Å². The number of hydrogen-bond donors (Lipinski definition) is 1. The van der Waals surface area contributed by atoms with Gasteiger partial charge >= 0.3 is 0 Å². The predicted octanol–water partition coefficient (Wildman–Crippen LogP) is 9.18. The van der Waals surface area contributed by atoms with Crippen LogP contribution in [-0.2, 0) is 31.8 Å². The van der Waals surface area contributed by atoms with Crippen molar-refractivity contribution in [2.24, 2.45) is 0 Å². The Kier molecular flexibility index (Phi) is 22.0. The third kappa shape index (κ3) is 13.2. The summed E-state index contributed by atoms with van der Waals surface area (Å²) in [6.45, 7) is 29.4. The van der Waals surface area contributed by atoms with E-state index in [9.17, 15) is 5.26 Å². The second-order valence-corrected chi connectivity index (χ2v) is 29.6. The molecule has 0 spiro atoms. The minimum Gasteiger partial charge on any atom is -0.409 e. The molecule has 10 nitrogen and oxygen atoms in total. The van der Waals surface area contributed by atoms with Crippen molar-refractivity contribution in [2.45, 2.75) is 193 Å². The summed E-state index contributed by atoms with van der Waals surface area (Å²) in [5, 5.41) is 13.9. The van der Waals surface area contributed by atoms with Crippen molar-refractivity contribution in [3.8, 4) is 6.07 Å². The lowest BCUT2D eigenvalue weighted by Crippen LogP contribution is -2.68. The van der Waals surface area contributed by atoms with E-state index in [2.05, 4.69) is 106 Å². The standard InChI is InChI=1S/C35H75N2O8PSi3/c1-14-47(15-2,16-3)43-33-31(26-39-28-38)42-32(27-41-46(40-25-23-24-36)37(29(10)11)30(12)13)34(44-48(17-4,18-5)19-6)35(33)45-49(20-7,21-8)22-9/h29-35,38H,14-23,25-28H2,1-13H3/t31-,32+,33-,34+,35+,46?/m1/s1/i38T. The summed E-state index contributed by atoms with van der Waals surface area (Å²) in [5.41, 5.74) is 0. The van der Waals surface area contributed by atoms with Crippen molar-refractivity contribution in [1.29, 1.82) is 6.69 Å². The summed E-state index contributed by atoms with van der Waals surface area (Å²) in [7, 11) is -8.05. The maximum Gasteiger partial charge on any atom is 0.259 e. The summed E-state index contributed by atoms with van der Waals surface area (Å²) in [4.78, 5) is 0. The van der Waals surface area contributed by atoms with Crippen molar-refractivity contribution >= 4 is 33.5 Å². The Labute approximate surface area is 307 Å². The fourth-order valence-corrected chi connectivity index (χ4v) is 17.3. The van der Waals surface area contributed by atoms with Crippen LogP contribution in [0.15, 0.2) is 0 Å². The van der Waals surface area contributed by atoms with Crippen LogP contribution in [0.5, 0.6) is 0 Å². The Hall–Kier alpha value is 0.211. The van der Waals surface area contributed by atoms with E-state index in [-0.39, 0.29) is 44.6 Å². The zero-order valence-electron chi connectivity index (χ0n) is 34.5. The Bertz CT molecular complexity index is 911. The quantitative estimate of drug-likeness (QED) is 0.0358. The van der Waals surface area contributed by atoms with Gasteiger partial charge in [-0.2, -0.15) is 5.26 Å². The van der Waals surface area contributed by atoms with E-state index in [0.29, 0.717) is 6.61 Å². The lowest BCUT2D eigenvalue weighted by atomic mass is 9.95. The highest BCUT2D eigenvalue weighted by Crippen LogP contribution is 2.47. The molecule has 1 rings (SSSR count). The SMILES string of the molecule is [3H]OCOC[C@H]1O[C@@H](COP(OCCC#N)N(C(C)C)C(C)C)[C@H](O[Si](CC)(CC)CC)[C@@H](O[Si](CC)(CC)CC)[C@@H]1O[Si](CC)(CC)CC. The van der Waals surface area contributed by atoms with Gasteiger partial charge in [-0.25, -0.2) is 4.67 Å². The van der Waals surface area contributed by atoms with Crippen LogP contribution in [-0.4, -0.2) is 105 Å². The van der Waals surface area contributed by atoms with Crippen LogP contribution >= 0.6 is 8.53 Å². The van der Waals surface area contributed by atoms with Gasteiger partial charge < -0.3 is 36.9 Å². The molecule has 14 heteroatoms. The zero-order chi connectivity index (χ0) is 38.0. The first kappa shape index (κ1) is 45.4. The molecule has 0 aliphatic carbocycles. The first-order valence-corrected chi connectivity index (χ1v) is 28.1. The van der Waals surface area contributed by atoms with Gasteiger partial charge in [0, 0.05) is 12.1 Å². The van der Waals surface area contributed by atoms with Crippen LogP contribution in [0.4, 0.5) is 0 Å². The Balaban J connectivity index is 3.97. The fraction of sp³-hybridized carbons (Fsp3) is 0.971. The number of rotatable bonds is 28. The van der Waals surface area contributed by atoms with Gasteiger partial charge in [-0.3, -0.25) is 0 Å². The molecule has 1 saturated heterocycles. The first-order valence-electron chi connectivity index (χ1n) is 19.8.